The molecule has 40 valence electrons. The van der Waals surface area contributed by atoms with Crippen LogP contribution in [0, 0.1) is 0 Å². The molecule has 0 aromatic rings. The molecular weight excluding hydrogens is 97.5 g/mol. The van der Waals surface area contributed by atoms with E-state index in [0.717, 1.165) is 13.1 Å². The van der Waals surface area contributed by atoms with Crippen molar-refractivity contribution >= 4 is 0 Å². The molecule has 0 aromatic heterocycles. The Kier molecular flexibility index (Phi) is 14.3. The van der Waals surface area contributed by atoms with Gasteiger partial charge in [-0.05, 0) is 13.1 Å². The van der Waals surface area contributed by atoms with Gasteiger partial charge in [0.2, 0.25) is 0 Å². The highest BCUT2D eigenvalue weighted by Gasteiger charge is 1.62. The maximum Gasteiger partial charge on any atom is 1.00 e. The van der Waals surface area contributed by atoms with Gasteiger partial charge in [0.15, 0.2) is 0 Å². The second-order valence-corrected chi connectivity index (χ2v) is 0.957. The van der Waals surface area contributed by atoms with E-state index in [-0.39, 0.29) is 13.8 Å². The maximum absolute atomic E-state index is 3.11. The normalized spacial score (nSPS) is 7.00. The standard InChI is InChI=1S/C4H11N.ClH/c1-3-5-4-2;/h5H,3-4H2,1-2H3;1H. The molecule has 1 nitrogen and oxygen atoms in total. The molecule has 0 rings (SSSR count). The van der Waals surface area contributed by atoms with Crippen molar-refractivity contribution in [2.24, 2.45) is 0 Å². The van der Waals surface area contributed by atoms with Crippen LogP contribution in [0.2, 0.25) is 0 Å². The Morgan fingerprint density at radius 1 is 1.33 bits per heavy atom. The third-order valence-electron chi connectivity index (χ3n) is 0.500. The summed E-state index contributed by atoms with van der Waals surface area (Å²) in [6.45, 7) is 6.39. The minimum absolute atomic E-state index is 0. The van der Waals surface area contributed by atoms with Gasteiger partial charge in [0.05, 0.1) is 0 Å². The summed E-state index contributed by atoms with van der Waals surface area (Å²) in [7, 11) is 0. The van der Waals surface area contributed by atoms with E-state index in [1.807, 2.05) is 0 Å². The lowest BCUT2D eigenvalue weighted by atomic mass is 10.7. The van der Waals surface area contributed by atoms with Gasteiger partial charge in [0.25, 0.3) is 0 Å². The average Bonchev–Trinajstić information content (AvgIpc) is 1.41. The zero-order chi connectivity index (χ0) is 4.12. The van der Waals surface area contributed by atoms with Crippen LogP contribution in [0.1, 0.15) is 15.3 Å². The first-order valence-electron chi connectivity index (χ1n) is 2.12. The van der Waals surface area contributed by atoms with Gasteiger partial charge < -0.3 is 17.7 Å². The van der Waals surface area contributed by atoms with Crippen LogP contribution in [-0.4, -0.2) is 13.1 Å². The summed E-state index contributed by atoms with van der Waals surface area (Å²) in [6, 6.07) is 0. The highest BCUT2D eigenvalue weighted by atomic mass is 35.5. The summed E-state index contributed by atoms with van der Waals surface area (Å²) in [6.07, 6.45) is 0. The van der Waals surface area contributed by atoms with Crippen LogP contribution in [0.25, 0.3) is 0 Å². The van der Waals surface area contributed by atoms with E-state index in [9.17, 15) is 0 Å². The SMILES string of the molecule is CCNCC.[Cl-].[H+]. The molecule has 2 heteroatoms. The smallest absolute Gasteiger partial charge is 1.00 e. The van der Waals surface area contributed by atoms with Gasteiger partial charge in [-0.2, -0.15) is 0 Å². The Morgan fingerprint density at radius 2 is 1.67 bits per heavy atom. The molecule has 1 N–H and O–H groups in total. The van der Waals surface area contributed by atoms with Gasteiger partial charge in [-0.25, -0.2) is 0 Å². The summed E-state index contributed by atoms with van der Waals surface area (Å²) in [4.78, 5) is 0. The predicted molar refractivity (Wildman–Crippen MR) is 25.3 cm³/mol. The number of hydrogen-bond donors (Lipinski definition) is 1. The lowest BCUT2D eigenvalue weighted by Gasteiger charge is -1.86. The van der Waals surface area contributed by atoms with E-state index in [4.69, 9.17) is 0 Å². The van der Waals surface area contributed by atoms with Crippen molar-refractivity contribution in [1.29, 1.82) is 0 Å². The third kappa shape index (κ3) is 8.87. The fourth-order valence-corrected chi connectivity index (χ4v) is 0.250. The lowest BCUT2D eigenvalue weighted by molar-refractivity contribution is -0.00000129. The van der Waals surface area contributed by atoms with Gasteiger partial charge in [0.1, 0.15) is 0 Å². The van der Waals surface area contributed by atoms with Crippen molar-refractivity contribution in [2.75, 3.05) is 13.1 Å². The molecule has 0 aliphatic rings. The zero-order valence-electron chi connectivity index (χ0n) is 5.29. The van der Waals surface area contributed by atoms with Crippen LogP contribution >= 0.6 is 0 Å². The topological polar surface area (TPSA) is 12.0 Å². The zero-order valence-corrected chi connectivity index (χ0v) is 5.05. The van der Waals surface area contributed by atoms with Gasteiger partial charge in [0, 0.05) is 0 Å². The summed E-state index contributed by atoms with van der Waals surface area (Å²) in [5.41, 5.74) is 0. The summed E-state index contributed by atoms with van der Waals surface area (Å²) in [5.74, 6) is 0. The van der Waals surface area contributed by atoms with E-state index in [1.165, 1.54) is 0 Å². The van der Waals surface area contributed by atoms with Gasteiger partial charge in [-0.15, -0.1) is 0 Å². The molecule has 0 unspecified atom stereocenters. The average molecular weight is 110 g/mol. The Bertz CT molecular complexity index is 19.2. The molecule has 0 amide bonds. The fourth-order valence-electron chi connectivity index (χ4n) is 0.250. The molecule has 0 aliphatic heterocycles. The summed E-state index contributed by atoms with van der Waals surface area (Å²) in [5, 5.41) is 3.11. The molecule has 0 aliphatic carbocycles. The van der Waals surface area contributed by atoms with Crippen molar-refractivity contribution in [2.45, 2.75) is 13.8 Å². The first kappa shape index (κ1) is 9.54. The number of hydrogen-bond acceptors (Lipinski definition) is 1. The molecule has 0 fully saturated rings. The van der Waals surface area contributed by atoms with Crippen LogP contribution in [0.15, 0.2) is 0 Å². The third-order valence-corrected chi connectivity index (χ3v) is 0.500. The second-order valence-electron chi connectivity index (χ2n) is 0.957. The van der Waals surface area contributed by atoms with Crippen molar-refractivity contribution in [1.82, 2.24) is 5.32 Å². The van der Waals surface area contributed by atoms with Gasteiger partial charge in [-0.1, -0.05) is 13.8 Å². The molecule has 0 bridgehead atoms. The Morgan fingerprint density at radius 3 is 1.67 bits per heavy atom. The summed E-state index contributed by atoms with van der Waals surface area (Å²) < 4.78 is 0. The van der Waals surface area contributed by atoms with Gasteiger partial charge in [-0.3, -0.25) is 0 Å². The first-order valence-corrected chi connectivity index (χ1v) is 2.12. The van der Waals surface area contributed by atoms with Crippen molar-refractivity contribution in [3.63, 3.8) is 0 Å². The molecular formula is C4H12ClN. The second kappa shape index (κ2) is 8.98. The van der Waals surface area contributed by atoms with E-state index < -0.39 is 0 Å². The van der Waals surface area contributed by atoms with Gasteiger partial charge >= 0.3 is 1.43 Å². The first-order chi connectivity index (χ1) is 2.41. The molecule has 0 radical (unpaired) electrons. The fraction of sp³-hybridized carbons (Fsp3) is 1.00. The number of nitrogens with one attached hydrogen (secondary N) is 1. The van der Waals surface area contributed by atoms with Crippen LogP contribution in [0.5, 0.6) is 0 Å². The van der Waals surface area contributed by atoms with Crippen LogP contribution in [0.3, 0.4) is 0 Å². The highest BCUT2D eigenvalue weighted by molar-refractivity contribution is 4.27. The van der Waals surface area contributed by atoms with Crippen LogP contribution in [0.4, 0.5) is 0 Å². The molecule has 0 saturated heterocycles. The number of rotatable bonds is 2. The highest BCUT2D eigenvalue weighted by Crippen LogP contribution is 1.47. The monoisotopic (exact) mass is 109 g/mol. The quantitative estimate of drug-likeness (QED) is 0.422. The Hall–Kier alpha value is 0.250. The number of halogens is 1. The Balaban J connectivity index is -0.0000000800. The molecule has 0 aromatic carbocycles. The summed E-state index contributed by atoms with van der Waals surface area (Å²) >= 11 is 0. The largest absolute Gasteiger partial charge is 1.00 e. The van der Waals surface area contributed by atoms with E-state index in [0.29, 0.717) is 0 Å². The maximum atomic E-state index is 3.11. The molecule has 0 saturated carbocycles. The van der Waals surface area contributed by atoms with Crippen molar-refractivity contribution in [3.05, 3.63) is 0 Å². The molecule has 0 spiro atoms. The van der Waals surface area contributed by atoms with Crippen LogP contribution < -0.4 is 17.7 Å². The molecule has 0 heterocycles. The minimum atomic E-state index is 0. The van der Waals surface area contributed by atoms with Crippen molar-refractivity contribution < 1.29 is 13.8 Å². The molecule has 0 atom stereocenters. The van der Waals surface area contributed by atoms with Crippen molar-refractivity contribution in [3.8, 4) is 0 Å². The van der Waals surface area contributed by atoms with E-state index >= 15 is 0 Å². The lowest BCUT2D eigenvalue weighted by Crippen LogP contribution is -3.00. The molecule has 6 heavy (non-hydrogen) atoms. The minimum Gasteiger partial charge on any atom is -1.00 e. The predicted octanol–water partition coefficient (Wildman–Crippen LogP) is -2.27. The van der Waals surface area contributed by atoms with Crippen LogP contribution in [-0.2, 0) is 0 Å². The van der Waals surface area contributed by atoms with E-state index in [2.05, 4.69) is 19.2 Å². The van der Waals surface area contributed by atoms with E-state index in [1.54, 1.807) is 0 Å². The Labute approximate surface area is 47.0 Å².